The van der Waals surface area contributed by atoms with Gasteiger partial charge in [0.05, 0.1) is 22.5 Å². The van der Waals surface area contributed by atoms with Crippen molar-refractivity contribution in [1.82, 2.24) is 25.5 Å². The number of alkyl halides is 3. The van der Waals surface area contributed by atoms with Gasteiger partial charge in [0.1, 0.15) is 0 Å². The lowest BCUT2D eigenvalue weighted by molar-refractivity contribution is -0.137. The highest BCUT2D eigenvalue weighted by Gasteiger charge is 2.29. The monoisotopic (exact) mass is 385 g/mol. The predicted molar refractivity (Wildman–Crippen MR) is 96.3 cm³/mol. The summed E-state index contributed by atoms with van der Waals surface area (Å²) in [6, 6.07) is 10.0. The normalized spacial score (nSPS) is 11.7. The number of fused-ring (bicyclic) bond motifs is 1. The van der Waals surface area contributed by atoms with Crippen molar-refractivity contribution in [2.45, 2.75) is 12.7 Å². The molecule has 0 aliphatic rings. The van der Waals surface area contributed by atoms with Crippen LogP contribution < -0.4 is 5.32 Å². The van der Waals surface area contributed by atoms with Crippen LogP contribution in [0.15, 0.2) is 54.9 Å². The molecule has 1 amide bonds. The summed E-state index contributed by atoms with van der Waals surface area (Å²) in [5.74, 6) is -0.343. The van der Waals surface area contributed by atoms with Gasteiger partial charge in [-0.3, -0.25) is 9.89 Å². The highest BCUT2D eigenvalue weighted by Crippen LogP contribution is 2.29. The number of amides is 1. The number of carbonyl (C=O) groups excluding carboxylic acids is 1. The Hall–Kier alpha value is -3.62. The van der Waals surface area contributed by atoms with E-state index in [1.807, 2.05) is 6.07 Å². The second kappa shape index (κ2) is 6.84. The maximum atomic E-state index is 12.6. The van der Waals surface area contributed by atoms with Gasteiger partial charge in [0, 0.05) is 24.3 Å². The van der Waals surface area contributed by atoms with Gasteiger partial charge in [-0.05, 0) is 35.9 Å². The summed E-state index contributed by atoms with van der Waals surface area (Å²) >= 11 is 0. The average Bonchev–Trinajstić information content (AvgIpc) is 3.32. The molecule has 0 bridgehead atoms. The number of aromatic nitrogens is 4. The first kappa shape index (κ1) is 17.8. The lowest BCUT2D eigenvalue weighted by Crippen LogP contribution is -2.22. The van der Waals surface area contributed by atoms with Gasteiger partial charge in [-0.2, -0.15) is 18.3 Å². The summed E-state index contributed by atoms with van der Waals surface area (Å²) in [6.45, 7) is 0.119. The Morgan fingerprint density at radius 1 is 1.14 bits per heavy atom. The lowest BCUT2D eigenvalue weighted by Gasteiger charge is -2.08. The smallest absolute Gasteiger partial charge is 0.359 e. The summed E-state index contributed by atoms with van der Waals surface area (Å²) in [5.41, 5.74) is 2.20. The number of H-pyrrole nitrogens is 2. The van der Waals surface area contributed by atoms with Crippen molar-refractivity contribution in [3.8, 4) is 11.4 Å². The molecule has 9 heteroatoms. The van der Waals surface area contributed by atoms with E-state index in [9.17, 15) is 18.0 Å². The van der Waals surface area contributed by atoms with Gasteiger partial charge >= 0.3 is 6.18 Å². The minimum atomic E-state index is -4.38. The van der Waals surface area contributed by atoms with Gasteiger partial charge < -0.3 is 10.3 Å². The van der Waals surface area contributed by atoms with Crippen LogP contribution in [0.1, 0.15) is 21.5 Å². The van der Waals surface area contributed by atoms with Crippen molar-refractivity contribution in [1.29, 1.82) is 0 Å². The molecule has 4 aromatic rings. The zero-order valence-electron chi connectivity index (χ0n) is 14.3. The van der Waals surface area contributed by atoms with Crippen molar-refractivity contribution < 1.29 is 18.0 Å². The first-order valence-corrected chi connectivity index (χ1v) is 8.34. The predicted octanol–water partition coefficient (Wildman–Crippen LogP) is 3.90. The molecule has 3 aromatic heterocycles. The number of halogens is 3. The van der Waals surface area contributed by atoms with E-state index in [1.165, 1.54) is 12.1 Å². The molecule has 28 heavy (non-hydrogen) atoms. The summed E-state index contributed by atoms with van der Waals surface area (Å²) in [7, 11) is 0. The third-order valence-corrected chi connectivity index (χ3v) is 4.28. The Morgan fingerprint density at radius 3 is 2.68 bits per heavy atom. The van der Waals surface area contributed by atoms with Crippen LogP contribution in [-0.4, -0.2) is 26.1 Å². The van der Waals surface area contributed by atoms with Gasteiger partial charge in [-0.1, -0.05) is 12.1 Å². The van der Waals surface area contributed by atoms with Crippen LogP contribution in [0.2, 0.25) is 0 Å². The molecule has 0 aliphatic heterocycles. The molecule has 0 spiro atoms. The van der Waals surface area contributed by atoms with E-state index < -0.39 is 11.7 Å². The summed E-state index contributed by atoms with van der Waals surface area (Å²) in [6.07, 6.45) is -1.18. The molecule has 0 unspecified atom stereocenters. The fourth-order valence-corrected chi connectivity index (χ4v) is 2.82. The van der Waals surface area contributed by atoms with Gasteiger partial charge in [0.25, 0.3) is 5.91 Å². The Morgan fingerprint density at radius 2 is 1.93 bits per heavy atom. The van der Waals surface area contributed by atoms with Crippen molar-refractivity contribution in [3.63, 3.8) is 0 Å². The SMILES string of the molecule is O=C(NCc1ccc(C(F)(F)F)cc1)c1c[nH]c(-c2[nH]nc3ncccc23)c1. The number of nitrogens with one attached hydrogen (secondary N) is 3. The minimum absolute atomic E-state index is 0.119. The van der Waals surface area contributed by atoms with E-state index in [0.29, 0.717) is 28.2 Å². The first-order chi connectivity index (χ1) is 13.4. The van der Waals surface area contributed by atoms with Crippen LogP contribution >= 0.6 is 0 Å². The van der Waals surface area contributed by atoms with Crippen LogP contribution in [0.5, 0.6) is 0 Å². The number of carbonyl (C=O) groups is 1. The van der Waals surface area contributed by atoms with Gasteiger partial charge in [-0.15, -0.1) is 0 Å². The Labute approximate surface area is 156 Å². The molecular weight excluding hydrogens is 371 g/mol. The van der Waals surface area contributed by atoms with Gasteiger partial charge in [0.2, 0.25) is 0 Å². The van der Waals surface area contributed by atoms with E-state index in [4.69, 9.17) is 0 Å². The van der Waals surface area contributed by atoms with E-state index in [0.717, 1.165) is 17.5 Å². The highest BCUT2D eigenvalue weighted by molar-refractivity contribution is 5.97. The number of hydrogen-bond acceptors (Lipinski definition) is 3. The number of nitrogens with zero attached hydrogens (tertiary/aromatic N) is 2. The number of rotatable bonds is 4. The number of aromatic amines is 2. The second-order valence-corrected chi connectivity index (χ2v) is 6.15. The quantitative estimate of drug-likeness (QED) is 0.498. The van der Waals surface area contributed by atoms with Crippen LogP contribution in [0.3, 0.4) is 0 Å². The van der Waals surface area contributed by atoms with E-state index in [-0.39, 0.29) is 12.5 Å². The molecular formula is C19H14F3N5O. The Kier molecular flexibility index (Phi) is 4.34. The second-order valence-electron chi connectivity index (χ2n) is 6.15. The minimum Gasteiger partial charge on any atom is -0.359 e. The summed E-state index contributed by atoms with van der Waals surface area (Å²) in [4.78, 5) is 19.5. The molecule has 0 saturated heterocycles. The summed E-state index contributed by atoms with van der Waals surface area (Å²) < 4.78 is 37.8. The zero-order valence-corrected chi connectivity index (χ0v) is 14.3. The van der Waals surface area contributed by atoms with Crippen molar-refractivity contribution in [2.75, 3.05) is 0 Å². The van der Waals surface area contributed by atoms with Crippen molar-refractivity contribution in [3.05, 3.63) is 71.5 Å². The number of hydrogen-bond donors (Lipinski definition) is 3. The standard InChI is InChI=1S/C19H14F3N5O/c20-19(21,22)13-5-3-11(4-6-13)9-25-18(28)12-8-15(24-10-12)16-14-2-1-7-23-17(14)27-26-16/h1-8,10,24H,9H2,(H,25,28)(H,23,26,27). The first-order valence-electron chi connectivity index (χ1n) is 8.34. The fourth-order valence-electron chi connectivity index (χ4n) is 2.82. The zero-order chi connectivity index (χ0) is 19.7. The van der Waals surface area contributed by atoms with E-state index >= 15 is 0 Å². The molecule has 0 atom stereocenters. The summed E-state index contributed by atoms with van der Waals surface area (Å²) in [5, 5.41) is 10.5. The molecule has 0 saturated carbocycles. The van der Waals surface area contributed by atoms with E-state index in [1.54, 1.807) is 24.5 Å². The third-order valence-electron chi connectivity index (χ3n) is 4.28. The van der Waals surface area contributed by atoms with E-state index in [2.05, 4.69) is 25.5 Å². The lowest BCUT2D eigenvalue weighted by atomic mass is 10.1. The molecule has 1 aromatic carbocycles. The number of pyridine rings is 1. The molecule has 142 valence electrons. The fraction of sp³-hybridized carbons (Fsp3) is 0.105. The average molecular weight is 385 g/mol. The highest BCUT2D eigenvalue weighted by atomic mass is 19.4. The van der Waals surface area contributed by atoms with Crippen LogP contribution in [-0.2, 0) is 12.7 Å². The molecule has 0 fully saturated rings. The molecule has 0 radical (unpaired) electrons. The Bertz CT molecular complexity index is 1130. The Balaban J connectivity index is 1.45. The maximum Gasteiger partial charge on any atom is 0.416 e. The molecule has 4 rings (SSSR count). The largest absolute Gasteiger partial charge is 0.416 e. The van der Waals surface area contributed by atoms with Crippen LogP contribution in [0.25, 0.3) is 22.4 Å². The van der Waals surface area contributed by atoms with Crippen LogP contribution in [0, 0.1) is 0 Å². The molecule has 0 aliphatic carbocycles. The van der Waals surface area contributed by atoms with Crippen molar-refractivity contribution in [2.24, 2.45) is 0 Å². The van der Waals surface area contributed by atoms with Crippen molar-refractivity contribution >= 4 is 16.9 Å². The maximum absolute atomic E-state index is 12.6. The molecule has 3 N–H and O–H groups in total. The molecule has 6 nitrogen and oxygen atoms in total. The number of benzene rings is 1. The topological polar surface area (TPSA) is 86.5 Å². The van der Waals surface area contributed by atoms with Gasteiger partial charge in [0.15, 0.2) is 5.65 Å². The van der Waals surface area contributed by atoms with Gasteiger partial charge in [-0.25, -0.2) is 4.98 Å². The third kappa shape index (κ3) is 3.46. The molecule has 3 heterocycles. The van der Waals surface area contributed by atoms with Crippen LogP contribution in [0.4, 0.5) is 13.2 Å².